The van der Waals surface area contributed by atoms with E-state index in [1.807, 2.05) is 20.8 Å². The van der Waals surface area contributed by atoms with Crippen molar-refractivity contribution in [3.05, 3.63) is 10.6 Å². The highest BCUT2D eigenvalue weighted by Crippen LogP contribution is 2.25. The summed E-state index contributed by atoms with van der Waals surface area (Å²) >= 11 is 1.06. The van der Waals surface area contributed by atoms with Gasteiger partial charge in [-0.3, -0.25) is 9.59 Å². The number of carbonyl (C=O) groups excluding carboxylic acids is 1. The van der Waals surface area contributed by atoms with E-state index in [0.717, 1.165) is 11.5 Å². The van der Waals surface area contributed by atoms with Gasteiger partial charge in [-0.15, -0.1) is 5.10 Å². The maximum absolute atomic E-state index is 12.1. The van der Waals surface area contributed by atoms with Crippen LogP contribution in [0.1, 0.15) is 55.9 Å². The number of rotatable bonds is 5. The van der Waals surface area contributed by atoms with Gasteiger partial charge in [-0.25, -0.2) is 0 Å². The molecule has 1 aromatic heterocycles. The second-order valence-electron chi connectivity index (χ2n) is 5.51. The molecule has 0 aliphatic carbocycles. The summed E-state index contributed by atoms with van der Waals surface area (Å²) in [4.78, 5) is 23.1. The molecule has 0 saturated carbocycles. The number of carbonyl (C=O) groups is 2. The van der Waals surface area contributed by atoms with Crippen molar-refractivity contribution in [3.63, 3.8) is 0 Å². The minimum Gasteiger partial charge on any atom is -0.481 e. The minimum absolute atomic E-state index is 0.0362. The maximum atomic E-state index is 12.1. The molecule has 0 aromatic carbocycles. The zero-order valence-corrected chi connectivity index (χ0v) is 12.4. The smallest absolute Gasteiger partial charge is 0.303 e. The first-order chi connectivity index (χ1) is 8.71. The Morgan fingerprint density at radius 2 is 2.05 bits per heavy atom. The highest BCUT2D eigenvalue weighted by molar-refractivity contribution is 7.08. The molecule has 2 N–H and O–H groups in total. The van der Waals surface area contributed by atoms with E-state index in [4.69, 9.17) is 5.11 Å². The number of hydrogen-bond acceptors (Lipinski definition) is 5. The summed E-state index contributed by atoms with van der Waals surface area (Å²) in [6.07, 6.45) is 0.437. The number of aliphatic carboxylic acids is 1. The molecule has 0 bridgehead atoms. The molecule has 0 spiro atoms. The van der Waals surface area contributed by atoms with Crippen LogP contribution in [-0.4, -0.2) is 32.6 Å². The summed E-state index contributed by atoms with van der Waals surface area (Å²) in [5, 5.41) is 15.4. The molecule has 1 rings (SSSR count). The number of carboxylic acids is 1. The Hall–Kier alpha value is -1.50. The first kappa shape index (κ1) is 15.6. The molecule has 1 atom stereocenters. The van der Waals surface area contributed by atoms with Crippen LogP contribution in [0.2, 0.25) is 0 Å². The lowest BCUT2D eigenvalue weighted by atomic mass is 9.91. The summed E-state index contributed by atoms with van der Waals surface area (Å²) in [5.41, 5.74) is 0.421. The second kappa shape index (κ2) is 6.10. The lowest BCUT2D eigenvalue weighted by Crippen LogP contribution is -2.34. The van der Waals surface area contributed by atoms with E-state index in [1.165, 1.54) is 0 Å². The van der Waals surface area contributed by atoms with Gasteiger partial charge in [-0.1, -0.05) is 25.3 Å². The third kappa shape index (κ3) is 4.59. The molecule has 0 aliphatic heterocycles. The Morgan fingerprint density at radius 3 is 2.58 bits per heavy atom. The van der Waals surface area contributed by atoms with Crippen molar-refractivity contribution in [1.82, 2.24) is 14.9 Å². The van der Waals surface area contributed by atoms with Gasteiger partial charge >= 0.3 is 5.97 Å². The second-order valence-corrected chi connectivity index (χ2v) is 6.26. The van der Waals surface area contributed by atoms with Gasteiger partial charge < -0.3 is 10.4 Å². The van der Waals surface area contributed by atoms with Crippen LogP contribution in [-0.2, 0) is 10.2 Å². The SMILES string of the molecule is CC(CCC(=O)O)NC(=O)c1snnc1C(C)(C)C. The molecule has 7 heteroatoms. The molecule has 0 aliphatic rings. The zero-order chi connectivity index (χ0) is 14.6. The highest BCUT2D eigenvalue weighted by atomic mass is 32.1. The molecule has 0 fully saturated rings. The van der Waals surface area contributed by atoms with Crippen LogP contribution in [0.5, 0.6) is 0 Å². The van der Waals surface area contributed by atoms with E-state index < -0.39 is 5.97 Å². The van der Waals surface area contributed by atoms with Crippen LogP contribution in [0.25, 0.3) is 0 Å². The van der Waals surface area contributed by atoms with E-state index in [2.05, 4.69) is 14.9 Å². The summed E-state index contributed by atoms with van der Waals surface area (Å²) in [7, 11) is 0. The molecule has 6 nitrogen and oxygen atoms in total. The van der Waals surface area contributed by atoms with Crippen molar-refractivity contribution < 1.29 is 14.7 Å². The number of hydrogen-bond donors (Lipinski definition) is 2. The standard InChI is InChI=1S/C12H19N3O3S/c1-7(5-6-8(16)17)13-11(18)9-10(12(2,3)4)14-15-19-9/h7H,5-6H2,1-4H3,(H,13,18)(H,16,17). The van der Waals surface area contributed by atoms with Crippen molar-refractivity contribution in [2.45, 2.75) is 52.0 Å². The van der Waals surface area contributed by atoms with Crippen LogP contribution in [0.4, 0.5) is 0 Å². The summed E-state index contributed by atoms with van der Waals surface area (Å²) in [6, 6.07) is -0.196. The lowest BCUT2D eigenvalue weighted by Gasteiger charge is -2.17. The Balaban J connectivity index is 2.69. The van der Waals surface area contributed by atoms with Crippen molar-refractivity contribution in [2.75, 3.05) is 0 Å². The fourth-order valence-electron chi connectivity index (χ4n) is 1.53. The van der Waals surface area contributed by atoms with Gasteiger partial charge in [-0.05, 0) is 24.9 Å². The quantitative estimate of drug-likeness (QED) is 0.861. The molecule has 1 amide bonds. The molecular formula is C12H19N3O3S. The fraction of sp³-hybridized carbons (Fsp3) is 0.667. The van der Waals surface area contributed by atoms with Gasteiger partial charge in [-0.2, -0.15) is 0 Å². The Bertz CT molecular complexity index is 465. The van der Waals surface area contributed by atoms with Crippen LogP contribution in [0.3, 0.4) is 0 Å². The third-order valence-electron chi connectivity index (χ3n) is 2.57. The van der Waals surface area contributed by atoms with Gasteiger partial charge in [0.15, 0.2) is 0 Å². The van der Waals surface area contributed by atoms with Gasteiger partial charge in [0.25, 0.3) is 5.91 Å². The molecule has 19 heavy (non-hydrogen) atoms. The number of nitrogens with zero attached hydrogens (tertiary/aromatic N) is 2. The molecule has 0 saturated heterocycles. The van der Waals surface area contributed by atoms with E-state index in [-0.39, 0.29) is 23.8 Å². The monoisotopic (exact) mass is 285 g/mol. The predicted molar refractivity (Wildman–Crippen MR) is 72.4 cm³/mol. The molecule has 106 valence electrons. The summed E-state index contributed by atoms with van der Waals surface area (Å²) < 4.78 is 3.83. The molecular weight excluding hydrogens is 266 g/mol. The minimum atomic E-state index is -0.865. The topological polar surface area (TPSA) is 92.2 Å². The average Bonchev–Trinajstić information content (AvgIpc) is 2.74. The van der Waals surface area contributed by atoms with E-state index >= 15 is 0 Å². The first-order valence-corrected chi connectivity index (χ1v) is 6.84. The lowest BCUT2D eigenvalue weighted by molar-refractivity contribution is -0.137. The number of aromatic nitrogens is 2. The number of amides is 1. The van der Waals surface area contributed by atoms with Crippen LogP contribution < -0.4 is 5.32 Å². The average molecular weight is 285 g/mol. The van der Waals surface area contributed by atoms with E-state index in [1.54, 1.807) is 6.92 Å². The largest absolute Gasteiger partial charge is 0.481 e. The summed E-state index contributed by atoms with van der Waals surface area (Å²) in [5.74, 6) is -1.10. The Kier molecular flexibility index (Phi) is 4.99. The number of carboxylic acid groups (broad SMARTS) is 1. The Labute approximate surface area is 116 Å². The molecule has 0 radical (unpaired) electrons. The van der Waals surface area contributed by atoms with Crippen molar-refractivity contribution in [2.24, 2.45) is 0 Å². The fourth-order valence-corrected chi connectivity index (χ4v) is 2.31. The molecule has 1 heterocycles. The van der Waals surface area contributed by atoms with Crippen molar-refractivity contribution in [1.29, 1.82) is 0 Å². The molecule has 1 aromatic rings. The van der Waals surface area contributed by atoms with Crippen LogP contribution >= 0.6 is 11.5 Å². The maximum Gasteiger partial charge on any atom is 0.303 e. The van der Waals surface area contributed by atoms with Gasteiger partial charge in [0.05, 0.1) is 5.69 Å². The first-order valence-electron chi connectivity index (χ1n) is 6.07. The van der Waals surface area contributed by atoms with E-state index in [9.17, 15) is 9.59 Å². The zero-order valence-electron chi connectivity index (χ0n) is 11.6. The Morgan fingerprint density at radius 1 is 1.42 bits per heavy atom. The highest BCUT2D eigenvalue weighted by Gasteiger charge is 2.26. The predicted octanol–water partition coefficient (Wildman–Crippen LogP) is 1.82. The van der Waals surface area contributed by atoms with Crippen LogP contribution in [0.15, 0.2) is 0 Å². The summed E-state index contributed by atoms with van der Waals surface area (Å²) in [6.45, 7) is 7.68. The van der Waals surface area contributed by atoms with E-state index in [0.29, 0.717) is 17.0 Å². The van der Waals surface area contributed by atoms with Gasteiger partial charge in [0.2, 0.25) is 0 Å². The van der Waals surface area contributed by atoms with Gasteiger partial charge in [0, 0.05) is 17.9 Å². The normalized spacial score (nSPS) is 13.1. The van der Waals surface area contributed by atoms with Crippen LogP contribution in [0, 0.1) is 0 Å². The molecule has 1 unspecified atom stereocenters. The number of nitrogens with one attached hydrogen (secondary N) is 1. The van der Waals surface area contributed by atoms with Gasteiger partial charge in [0.1, 0.15) is 4.88 Å². The van der Waals surface area contributed by atoms with Crippen molar-refractivity contribution >= 4 is 23.4 Å². The third-order valence-corrected chi connectivity index (χ3v) is 3.30. The van der Waals surface area contributed by atoms with Crippen molar-refractivity contribution in [3.8, 4) is 0 Å².